The third-order valence-corrected chi connectivity index (χ3v) is 1.84. The monoisotopic (exact) mass is 263 g/mol. The fourth-order valence-corrected chi connectivity index (χ4v) is 1.09. The van der Waals surface area contributed by atoms with Crippen LogP contribution in [0.3, 0.4) is 0 Å². The molecule has 76 valence electrons. The molecule has 0 saturated carbocycles. The molecule has 0 bridgehead atoms. The lowest BCUT2D eigenvalue weighted by atomic mass is 10.3. The summed E-state index contributed by atoms with van der Waals surface area (Å²) in [5, 5.41) is 8.21. The molecule has 14 heavy (non-hydrogen) atoms. The number of furan rings is 1. The molecule has 1 heterocycles. The van der Waals surface area contributed by atoms with Crippen molar-refractivity contribution < 1.29 is 24.0 Å². The Balaban J connectivity index is 2.44. The third-order valence-electron chi connectivity index (χ3n) is 1.22. The Hall–Kier alpha value is -1.34. The second-order valence-electron chi connectivity index (χ2n) is 2.22. The molecule has 7 heteroatoms. The molecule has 0 radical (unpaired) electrons. The van der Waals surface area contributed by atoms with Crippen molar-refractivity contribution in [3.05, 3.63) is 22.6 Å². The first-order valence-corrected chi connectivity index (χ1v) is 4.27. The second kappa shape index (κ2) is 4.77. The number of carbonyl (C=O) groups excluding carboxylic acids is 1. The molecule has 0 aliphatic carbocycles. The predicted molar refractivity (Wildman–Crippen MR) is 47.5 cm³/mol. The van der Waals surface area contributed by atoms with Crippen LogP contribution in [0, 0.1) is 0 Å². The van der Waals surface area contributed by atoms with Gasteiger partial charge in [-0.15, -0.1) is 0 Å². The van der Waals surface area contributed by atoms with Crippen LogP contribution in [0.4, 0.5) is 0 Å². The van der Waals surface area contributed by atoms with Gasteiger partial charge in [0, 0.05) is 0 Å². The predicted octanol–water partition coefficient (Wildman–Crippen LogP) is 0.788. The zero-order valence-electron chi connectivity index (χ0n) is 6.82. The number of halogens is 1. The molecule has 2 N–H and O–H groups in total. The zero-order valence-corrected chi connectivity index (χ0v) is 8.41. The largest absolute Gasteiger partial charge is 0.479 e. The first-order chi connectivity index (χ1) is 6.61. The van der Waals surface area contributed by atoms with Crippen molar-refractivity contribution in [3.63, 3.8) is 0 Å². The summed E-state index contributed by atoms with van der Waals surface area (Å²) in [6.07, 6.45) is 1.32. The Morgan fingerprint density at radius 1 is 1.64 bits per heavy atom. The summed E-state index contributed by atoms with van der Waals surface area (Å²) in [6.45, 7) is -0.596. The van der Waals surface area contributed by atoms with Gasteiger partial charge in [-0.3, -0.25) is 9.63 Å². The number of carbonyl (C=O) groups is 2. The Kier molecular flexibility index (Phi) is 3.66. The van der Waals surface area contributed by atoms with Gasteiger partial charge in [-0.05, 0) is 22.0 Å². The van der Waals surface area contributed by atoms with Gasteiger partial charge in [-0.25, -0.2) is 10.3 Å². The van der Waals surface area contributed by atoms with Crippen LogP contribution in [0.1, 0.15) is 10.4 Å². The molecule has 0 aliphatic heterocycles. The van der Waals surface area contributed by atoms with Gasteiger partial charge in [-0.2, -0.15) is 0 Å². The minimum absolute atomic E-state index is 0.232. The van der Waals surface area contributed by atoms with E-state index in [9.17, 15) is 9.59 Å². The number of hydrogen-bond acceptors (Lipinski definition) is 4. The highest BCUT2D eigenvalue weighted by atomic mass is 79.9. The number of rotatable bonds is 4. The van der Waals surface area contributed by atoms with E-state index in [-0.39, 0.29) is 10.2 Å². The lowest BCUT2D eigenvalue weighted by Crippen LogP contribution is -2.26. The molecule has 1 aromatic rings. The van der Waals surface area contributed by atoms with Crippen LogP contribution in [-0.2, 0) is 9.63 Å². The van der Waals surface area contributed by atoms with Crippen LogP contribution >= 0.6 is 15.9 Å². The minimum atomic E-state index is -1.17. The highest BCUT2D eigenvalue weighted by Gasteiger charge is 2.12. The van der Waals surface area contributed by atoms with Crippen molar-refractivity contribution in [1.29, 1.82) is 0 Å². The van der Waals surface area contributed by atoms with E-state index in [2.05, 4.69) is 20.8 Å². The maximum Gasteiger partial charge on any atom is 0.332 e. The quantitative estimate of drug-likeness (QED) is 0.785. The summed E-state index contributed by atoms with van der Waals surface area (Å²) < 4.78 is 5.06. The molecular weight excluding hydrogens is 258 g/mol. The van der Waals surface area contributed by atoms with E-state index in [4.69, 9.17) is 9.52 Å². The summed E-state index contributed by atoms with van der Waals surface area (Å²) in [5.74, 6) is -1.75. The maximum atomic E-state index is 11.2. The van der Waals surface area contributed by atoms with Crippen LogP contribution in [-0.4, -0.2) is 23.6 Å². The average molecular weight is 264 g/mol. The number of hydroxylamine groups is 1. The second-order valence-corrected chi connectivity index (χ2v) is 2.94. The summed E-state index contributed by atoms with van der Waals surface area (Å²) in [4.78, 5) is 25.6. The SMILES string of the molecule is O=C(O)CONC(=O)c1ccoc1Br. The summed E-state index contributed by atoms with van der Waals surface area (Å²) in [6, 6.07) is 1.42. The molecule has 0 spiro atoms. The van der Waals surface area contributed by atoms with Gasteiger partial charge in [-0.1, -0.05) is 0 Å². The Bertz CT molecular complexity index is 348. The summed E-state index contributed by atoms with van der Waals surface area (Å²) in [7, 11) is 0. The lowest BCUT2D eigenvalue weighted by Gasteiger charge is -2.01. The molecule has 1 amide bonds. The molecule has 0 aliphatic rings. The Morgan fingerprint density at radius 3 is 2.86 bits per heavy atom. The highest BCUT2D eigenvalue weighted by Crippen LogP contribution is 2.16. The van der Waals surface area contributed by atoms with Crippen molar-refractivity contribution in [2.24, 2.45) is 0 Å². The molecule has 0 saturated heterocycles. The van der Waals surface area contributed by atoms with Gasteiger partial charge >= 0.3 is 5.97 Å². The fraction of sp³-hybridized carbons (Fsp3) is 0.143. The summed E-state index contributed by atoms with van der Waals surface area (Å²) in [5.41, 5.74) is 2.18. The molecule has 0 aromatic carbocycles. The topological polar surface area (TPSA) is 88.8 Å². The maximum absolute atomic E-state index is 11.2. The molecular formula is C7H6BrNO5. The van der Waals surface area contributed by atoms with E-state index in [1.165, 1.54) is 12.3 Å². The molecule has 0 atom stereocenters. The average Bonchev–Trinajstić information content (AvgIpc) is 2.50. The standard InChI is InChI=1S/C7H6BrNO5/c8-6-4(1-2-13-6)7(12)9-14-3-5(10)11/h1-2H,3H2,(H,9,12)(H,10,11). The van der Waals surface area contributed by atoms with Crippen LogP contribution in [0.5, 0.6) is 0 Å². The lowest BCUT2D eigenvalue weighted by molar-refractivity contribution is -0.144. The van der Waals surface area contributed by atoms with Gasteiger partial charge < -0.3 is 9.52 Å². The van der Waals surface area contributed by atoms with Crippen LogP contribution in [0.15, 0.2) is 21.4 Å². The molecule has 0 fully saturated rings. The Labute approximate surface area is 86.9 Å². The van der Waals surface area contributed by atoms with E-state index < -0.39 is 18.5 Å². The number of carboxylic acid groups (broad SMARTS) is 1. The molecule has 1 aromatic heterocycles. The van der Waals surface area contributed by atoms with Gasteiger partial charge in [0.25, 0.3) is 5.91 Å². The Morgan fingerprint density at radius 2 is 2.36 bits per heavy atom. The van der Waals surface area contributed by atoms with Crippen molar-refractivity contribution in [2.45, 2.75) is 0 Å². The van der Waals surface area contributed by atoms with Crippen molar-refractivity contribution >= 4 is 27.8 Å². The normalized spacial score (nSPS) is 9.79. The first kappa shape index (κ1) is 10.7. The van der Waals surface area contributed by atoms with Crippen molar-refractivity contribution in [2.75, 3.05) is 6.61 Å². The minimum Gasteiger partial charge on any atom is -0.479 e. The van der Waals surface area contributed by atoms with Crippen molar-refractivity contribution in [3.8, 4) is 0 Å². The highest BCUT2D eigenvalue weighted by molar-refractivity contribution is 9.10. The molecule has 6 nitrogen and oxygen atoms in total. The van der Waals surface area contributed by atoms with Gasteiger partial charge in [0.05, 0.1) is 11.8 Å². The van der Waals surface area contributed by atoms with E-state index in [1.54, 1.807) is 0 Å². The number of hydrogen-bond donors (Lipinski definition) is 2. The zero-order chi connectivity index (χ0) is 10.6. The molecule has 1 rings (SSSR count). The number of amides is 1. The first-order valence-electron chi connectivity index (χ1n) is 3.48. The number of carboxylic acids is 1. The molecule has 0 unspecified atom stereocenters. The smallest absolute Gasteiger partial charge is 0.332 e. The fourth-order valence-electron chi connectivity index (χ4n) is 0.674. The third kappa shape index (κ3) is 2.86. The van der Waals surface area contributed by atoms with E-state index in [1.807, 2.05) is 5.48 Å². The van der Waals surface area contributed by atoms with E-state index in [0.717, 1.165) is 0 Å². The van der Waals surface area contributed by atoms with Gasteiger partial charge in [0.15, 0.2) is 11.3 Å². The van der Waals surface area contributed by atoms with Crippen LogP contribution in [0.2, 0.25) is 0 Å². The van der Waals surface area contributed by atoms with Crippen LogP contribution < -0.4 is 5.48 Å². The number of nitrogens with one attached hydrogen (secondary N) is 1. The van der Waals surface area contributed by atoms with Crippen molar-refractivity contribution in [1.82, 2.24) is 5.48 Å². The van der Waals surface area contributed by atoms with Gasteiger partial charge in [0.1, 0.15) is 0 Å². The van der Waals surface area contributed by atoms with Crippen LogP contribution in [0.25, 0.3) is 0 Å². The van der Waals surface area contributed by atoms with E-state index in [0.29, 0.717) is 0 Å². The summed E-state index contributed by atoms with van der Waals surface area (Å²) >= 11 is 2.99. The van der Waals surface area contributed by atoms with Gasteiger partial charge in [0.2, 0.25) is 0 Å². The van der Waals surface area contributed by atoms with E-state index >= 15 is 0 Å². The number of aliphatic carboxylic acids is 1.